The summed E-state index contributed by atoms with van der Waals surface area (Å²) in [6, 6.07) is 4.35. The normalized spacial score (nSPS) is 11.6. The van der Waals surface area contributed by atoms with Crippen molar-refractivity contribution in [2.24, 2.45) is 0 Å². The summed E-state index contributed by atoms with van der Waals surface area (Å²) in [5.41, 5.74) is 4.33. The first-order valence-corrected chi connectivity index (χ1v) is 6.60. The van der Waals surface area contributed by atoms with Gasteiger partial charge in [-0.2, -0.15) is 0 Å². The number of hydrogen-bond acceptors (Lipinski definition) is 1. The Labute approximate surface area is 106 Å². The fraction of sp³-hybridized carbons (Fsp3) is 0.625. The Morgan fingerprint density at radius 3 is 1.65 bits per heavy atom. The molecule has 0 aromatic heterocycles. The number of rotatable bonds is 4. The van der Waals surface area contributed by atoms with Crippen LogP contribution in [0.3, 0.4) is 0 Å². The Hall–Kier alpha value is -0.980. The van der Waals surface area contributed by atoms with Crippen LogP contribution in [0.5, 0.6) is 5.75 Å². The molecule has 0 unspecified atom stereocenters. The van der Waals surface area contributed by atoms with Crippen LogP contribution in [0.4, 0.5) is 0 Å². The Morgan fingerprint density at radius 1 is 0.765 bits per heavy atom. The summed E-state index contributed by atoms with van der Waals surface area (Å²) in [7, 11) is 1.76. The van der Waals surface area contributed by atoms with E-state index in [1.165, 1.54) is 16.7 Å². The highest BCUT2D eigenvalue weighted by Gasteiger charge is 2.20. The highest BCUT2D eigenvalue weighted by atomic mass is 16.5. The van der Waals surface area contributed by atoms with Crippen LogP contribution in [0.1, 0.15) is 76.0 Å². The zero-order valence-electron chi connectivity index (χ0n) is 12.3. The van der Waals surface area contributed by atoms with Gasteiger partial charge < -0.3 is 4.74 Å². The number of hydrogen-bond donors (Lipinski definition) is 0. The second-order valence-electron chi connectivity index (χ2n) is 5.65. The Morgan fingerprint density at radius 2 is 1.29 bits per heavy atom. The molecular formula is C16H26O. The summed E-state index contributed by atoms with van der Waals surface area (Å²) in [5.74, 6) is 2.64. The molecule has 0 saturated carbocycles. The number of ether oxygens (including phenoxy) is 1. The monoisotopic (exact) mass is 234 g/mol. The summed E-state index contributed by atoms with van der Waals surface area (Å²) in [5, 5.41) is 0. The maximum Gasteiger partial charge on any atom is 0.122 e. The van der Waals surface area contributed by atoms with Gasteiger partial charge in [-0.05, 0) is 34.9 Å². The van der Waals surface area contributed by atoms with Crippen LogP contribution in [-0.4, -0.2) is 7.11 Å². The van der Waals surface area contributed by atoms with Gasteiger partial charge in [0.15, 0.2) is 0 Å². The zero-order valence-corrected chi connectivity index (χ0v) is 12.3. The van der Waals surface area contributed by atoms with Gasteiger partial charge in [-0.1, -0.05) is 47.6 Å². The van der Waals surface area contributed by atoms with Crippen LogP contribution in [0, 0.1) is 0 Å². The lowest BCUT2D eigenvalue weighted by molar-refractivity contribution is 0.405. The van der Waals surface area contributed by atoms with Crippen molar-refractivity contribution < 1.29 is 4.74 Å². The Kier molecular flexibility index (Phi) is 4.62. The van der Waals surface area contributed by atoms with Gasteiger partial charge in [-0.15, -0.1) is 0 Å². The molecule has 0 aliphatic carbocycles. The maximum absolute atomic E-state index is 5.53. The van der Waals surface area contributed by atoms with Gasteiger partial charge in [0.1, 0.15) is 5.75 Å². The highest BCUT2D eigenvalue weighted by Crippen LogP contribution is 2.38. The molecule has 0 aliphatic rings. The topological polar surface area (TPSA) is 9.23 Å². The van der Waals surface area contributed by atoms with Gasteiger partial charge in [-0.25, -0.2) is 0 Å². The predicted molar refractivity (Wildman–Crippen MR) is 75.3 cm³/mol. The molecule has 1 aromatic carbocycles. The van der Waals surface area contributed by atoms with Crippen molar-refractivity contribution in [3.05, 3.63) is 28.8 Å². The third-order valence-corrected chi connectivity index (χ3v) is 3.28. The van der Waals surface area contributed by atoms with Crippen LogP contribution in [0.25, 0.3) is 0 Å². The molecule has 1 rings (SSSR count). The van der Waals surface area contributed by atoms with E-state index in [-0.39, 0.29) is 0 Å². The van der Waals surface area contributed by atoms with Gasteiger partial charge in [0.05, 0.1) is 7.11 Å². The lowest BCUT2D eigenvalue weighted by Crippen LogP contribution is -2.07. The summed E-state index contributed by atoms with van der Waals surface area (Å²) in [6.07, 6.45) is 0. The van der Waals surface area contributed by atoms with Crippen molar-refractivity contribution in [2.45, 2.75) is 59.3 Å². The average molecular weight is 234 g/mol. The molecule has 0 N–H and O–H groups in total. The zero-order chi connectivity index (χ0) is 13.2. The summed E-state index contributed by atoms with van der Waals surface area (Å²) >= 11 is 0. The van der Waals surface area contributed by atoms with Crippen molar-refractivity contribution in [3.63, 3.8) is 0 Å². The molecule has 0 radical (unpaired) electrons. The van der Waals surface area contributed by atoms with Crippen molar-refractivity contribution in [3.8, 4) is 5.75 Å². The van der Waals surface area contributed by atoms with Crippen molar-refractivity contribution >= 4 is 0 Å². The first-order chi connectivity index (χ1) is 7.90. The molecular weight excluding hydrogens is 208 g/mol. The summed E-state index contributed by atoms with van der Waals surface area (Å²) in [6.45, 7) is 13.6. The molecule has 0 spiro atoms. The summed E-state index contributed by atoms with van der Waals surface area (Å²) in [4.78, 5) is 0. The van der Waals surface area contributed by atoms with Crippen molar-refractivity contribution in [1.29, 1.82) is 0 Å². The predicted octanol–water partition coefficient (Wildman–Crippen LogP) is 5.07. The first kappa shape index (κ1) is 14.1. The van der Waals surface area contributed by atoms with E-state index in [9.17, 15) is 0 Å². The number of methoxy groups -OCH3 is 1. The Bertz CT molecular complexity index is 375. The van der Waals surface area contributed by atoms with Crippen LogP contribution in [0.2, 0.25) is 0 Å². The van der Waals surface area contributed by atoms with Gasteiger partial charge >= 0.3 is 0 Å². The average Bonchev–Trinajstić information content (AvgIpc) is 2.26. The third-order valence-electron chi connectivity index (χ3n) is 3.28. The van der Waals surface area contributed by atoms with Crippen LogP contribution in [0.15, 0.2) is 12.1 Å². The van der Waals surface area contributed by atoms with Crippen LogP contribution in [-0.2, 0) is 0 Å². The molecule has 1 aromatic rings. The first-order valence-electron chi connectivity index (χ1n) is 6.60. The van der Waals surface area contributed by atoms with Gasteiger partial charge in [-0.3, -0.25) is 0 Å². The minimum atomic E-state index is 0.501. The fourth-order valence-corrected chi connectivity index (χ4v) is 2.55. The smallest absolute Gasteiger partial charge is 0.122 e. The van der Waals surface area contributed by atoms with E-state index < -0.39 is 0 Å². The van der Waals surface area contributed by atoms with Crippen LogP contribution < -0.4 is 4.74 Å². The summed E-state index contributed by atoms with van der Waals surface area (Å²) < 4.78 is 5.53. The second-order valence-corrected chi connectivity index (χ2v) is 5.65. The van der Waals surface area contributed by atoms with Crippen molar-refractivity contribution in [1.82, 2.24) is 0 Å². The van der Waals surface area contributed by atoms with Gasteiger partial charge in [0.25, 0.3) is 0 Å². The quantitative estimate of drug-likeness (QED) is 0.707. The molecule has 0 bridgehead atoms. The molecule has 0 amide bonds. The van der Waals surface area contributed by atoms with Gasteiger partial charge in [0, 0.05) is 5.56 Å². The van der Waals surface area contributed by atoms with E-state index >= 15 is 0 Å². The molecule has 1 heteroatoms. The lowest BCUT2D eigenvalue weighted by atomic mass is 9.83. The minimum Gasteiger partial charge on any atom is -0.496 e. The van der Waals surface area contributed by atoms with E-state index in [1.54, 1.807) is 7.11 Å². The molecule has 0 fully saturated rings. The van der Waals surface area contributed by atoms with Gasteiger partial charge in [0.2, 0.25) is 0 Å². The second kappa shape index (κ2) is 5.57. The van der Waals surface area contributed by atoms with Crippen LogP contribution >= 0.6 is 0 Å². The van der Waals surface area contributed by atoms with E-state index in [0.29, 0.717) is 17.8 Å². The molecule has 1 nitrogen and oxygen atoms in total. The molecule has 0 heterocycles. The number of benzene rings is 1. The van der Waals surface area contributed by atoms with E-state index in [1.807, 2.05) is 0 Å². The minimum absolute atomic E-state index is 0.501. The third kappa shape index (κ3) is 2.83. The van der Waals surface area contributed by atoms with E-state index in [4.69, 9.17) is 4.74 Å². The maximum atomic E-state index is 5.53. The SMILES string of the molecule is COc1ccc(C(C)C)c(C(C)C)c1C(C)C. The van der Waals surface area contributed by atoms with E-state index in [0.717, 1.165) is 5.75 Å². The lowest BCUT2D eigenvalue weighted by Gasteiger charge is -2.24. The van der Waals surface area contributed by atoms with Crippen molar-refractivity contribution in [2.75, 3.05) is 7.11 Å². The molecule has 96 valence electrons. The molecule has 0 saturated heterocycles. The largest absolute Gasteiger partial charge is 0.496 e. The molecule has 0 aliphatic heterocycles. The molecule has 17 heavy (non-hydrogen) atoms. The molecule has 0 atom stereocenters. The standard InChI is InChI=1S/C16H26O/c1-10(2)13-8-9-14(17-7)16(12(5)6)15(13)11(3)4/h8-12H,1-7H3. The van der Waals surface area contributed by atoms with E-state index in [2.05, 4.69) is 53.7 Å². The fourth-order valence-electron chi connectivity index (χ4n) is 2.55. The Balaban J connectivity index is 3.53. The highest BCUT2D eigenvalue weighted by molar-refractivity contribution is 5.49.